The maximum atomic E-state index is 5.72. The van der Waals surface area contributed by atoms with Crippen LogP contribution in [0.1, 0.15) is 0 Å². The largest absolute Gasteiger partial charge is 0.480 e. The van der Waals surface area contributed by atoms with Crippen LogP contribution < -0.4 is 10.5 Å². The Labute approximate surface area is 87.5 Å². The summed E-state index contributed by atoms with van der Waals surface area (Å²) in [5.41, 5.74) is 7.80. The monoisotopic (exact) mass is 211 g/mol. The summed E-state index contributed by atoms with van der Waals surface area (Å²) in [6.45, 7) is 0. The molecule has 1 aromatic heterocycles. The zero-order chi connectivity index (χ0) is 9.26. The molecule has 4 nitrogen and oxygen atoms in total. The highest BCUT2D eigenvalue weighted by Crippen LogP contribution is 2.18. The van der Waals surface area contributed by atoms with Crippen LogP contribution >= 0.6 is 12.4 Å². The maximum Gasteiger partial charge on any atom is 0.232 e. The number of fused-ring (bicyclic) bond motifs is 1. The van der Waals surface area contributed by atoms with Gasteiger partial charge in [-0.15, -0.1) is 12.4 Å². The lowest BCUT2D eigenvalue weighted by Gasteiger charge is -2.02. The van der Waals surface area contributed by atoms with E-state index in [1.807, 2.05) is 12.1 Å². The molecule has 0 unspecified atom stereocenters. The number of benzene rings is 1. The van der Waals surface area contributed by atoms with Crippen molar-refractivity contribution in [2.24, 2.45) is 0 Å². The standard InChI is InChI=1S/C9H9N3O.ClH/c1-13-8-5-11-7-4-2-3-6(10)9(7)12-8;/h2-5H,10H2,1H3;1H. The molecule has 1 heterocycles. The third-order valence-electron chi connectivity index (χ3n) is 1.79. The number of nitrogen functional groups attached to an aromatic ring is 1. The van der Waals surface area contributed by atoms with Gasteiger partial charge in [0.05, 0.1) is 24.5 Å². The summed E-state index contributed by atoms with van der Waals surface area (Å²) in [7, 11) is 1.55. The molecule has 14 heavy (non-hydrogen) atoms. The fourth-order valence-corrected chi connectivity index (χ4v) is 1.14. The van der Waals surface area contributed by atoms with E-state index in [0.717, 1.165) is 5.52 Å². The molecule has 2 N–H and O–H groups in total. The van der Waals surface area contributed by atoms with Crippen molar-refractivity contribution in [3.8, 4) is 5.88 Å². The molecule has 0 atom stereocenters. The molecule has 2 rings (SSSR count). The molecular weight excluding hydrogens is 202 g/mol. The molecule has 0 saturated carbocycles. The molecule has 0 radical (unpaired) electrons. The topological polar surface area (TPSA) is 61.0 Å². The van der Waals surface area contributed by atoms with E-state index in [2.05, 4.69) is 9.97 Å². The lowest BCUT2D eigenvalue weighted by atomic mass is 10.2. The number of hydrogen-bond donors (Lipinski definition) is 1. The molecule has 0 saturated heterocycles. The summed E-state index contributed by atoms with van der Waals surface area (Å²) in [4.78, 5) is 8.33. The minimum Gasteiger partial charge on any atom is -0.480 e. The number of para-hydroxylation sites is 1. The summed E-state index contributed by atoms with van der Waals surface area (Å²) >= 11 is 0. The molecule has 5 heteroatoms. The third kappa shape index (κ3) is 1.70. The van der Waals surface area contributed by atoms with Crippen LogP contribution in [-0.4, -0.2) is 17.1 Å². The van der Waals surface area contributed by atoms with Crippen LogP contribution in [0.4, 0.5) is 5.69 Å². The fraction of sp³-hybridized carbons (Fsp3) is 0.111. The van der Waals surface area contributed by atoms with Crippen molar-refractivity contribution in [1.82, 2.24) is 9.97 Å². The van der Waals surface area contributed by atoms with Gasteiger partial charge in [-0.1, -0.05) is 6.07 Å². The SMILES string of the molecule is COc1cnc2cccc(N)c2n1.Cl. The van der Waals surface area contributed by atoms with Gasteiger partial charge in [0.2, 0.25) is 5.88 Å². The van der Waals surface area contributed by atoms with Crippen LogP contribution in [0, 0.1) is 0 Å². The Morgan fingerprint density at radius 2 is 2.14 bits per heavy atom. The molecule has 0 fully saturated rings. The van der Waals surface area contributed by atoms with Crippen LogP contribution in [0.2, 0.25) is 0 Å². The minimum atomic E-state index is 0. The van der Waals surface area contributed by atoms with Crippen molar-refractivity contribution in [2.75, 3.05) is 12.8 Å². The summed E-state index contributed by atoms with van der Waals surface area (Å²) in [6, 6.07) is 5.49. The minimum absolute atomic E-state index is 0. The second-order valence-electron chi connectivity index (χ2n) is 2.63. The van der Waals surface area contributed by atoms with Gasteiger partial charge in [-0.05, 0) is 12.1 Å². The predicted molar refractivity (Wildman–Crippen MR) is 57.8 cm³/mol. The van der Waals surface area contributed by atoms with Gasteiger partial charge in [0, 0.05) is 0 Å². The van der Waals surface area contributed by atoms with Gasteiger partial charge in [-0.3, -0.25) is 0 Å². The molecular formula is C9H10ClN3O. The van der Waals surface area contributed by atoms with Crippen LogP contribution in [0.25, 0.3) is 11.0 Å². The lowest BCUT2D eigenvalue weighted by molar-refractivity contribution is 0.398. The van der Waals surface area contributed by atoms with Crippen LogP contribution in [-0.2, 0) is 0 Å². The summed E-state index contributed by atoms with van der Waals surface area (Å²) in [5.74, 6) is 0.477. The Hall–Kier alpha value is -1.55. The van der Waals surface area contributed by atoms with Gasteiger partial charge in [0.25, 0.3) is 0 Å². The van der Waals surface area contributed by atoms with Gasteiger partial charge in [-0.2, -0.15) is 0 Å². The highest BCUT2D eigenvalue weighted by Gasteiger charge is 2.01. The Morgan fingerprint density at radius 3 is 2.86 bits per heavy atom. The van der Waals surface area contributed by atoms with Gasteiger partial charge < -0.3 is 10.5 Å². The van der Waals surface area contributed by atoms with Crippen molar-refractivity contribution in [3.63, 3.8) is 0 Å². The molecule has 0 spiro atoms. The number of rotatable bonds is 1. The number of hydrogen-bond acceptors (Lipinski definition) is 4. The number of halogens is 1. The third-order valence-corrected chi connectivity index (χ3v) is 1.79. The average Bonchev–Trinajstić information content (AvgIpc) is 2.18. The second-order valence-corrected chi connectivity index (χ2v) is 2.63. The van der Waals surface area contributed by atoms with Gasteiger partial charge >= 0.3 is 0 Å². The number of ether oxygens (including phenoxy) is 1. The maximum absolute atomic E-state index is 5.72. The summed E-state index contributed by atoms with van der Waals surface area (Å²) < 4.78 is 4.95. The predicted octanol–water partition coefficient (Wildman–Crippen LogP) is 1.64. The Bertz CT molecular complexity index is 447. The average molecular weight is 212 g/mol. The Morgan fingerprint density at radius 1 is 1.36 bits per heavy atom. The smallest absolute Gasteiger partial charge is 0.232 e. The van der Waals surface area contributed by atoms with Gasteiger partial charge in [0.1, 0.15) is 5.52 Å². The molecule has 0 bridgehead atoms. The summed E-state index contributed by atoms with van der Waals surface area (Å²) in [5, 5.41) is 0. The van der Waals surface area contributed by atoms with Crippen molar-refractivity contribution in [3.05, 3.63) is 24.4 Å². The van der Waals surface area contributed by atoms with Crippen molar-refractivity contribution in [1.29, 1.82) is 0 Å². The summed E-state index contributed by atoms with van der Waals surface area (Å²) in [6.07, 6.45) is 1.57. The van der Waals surface area contributed by atoms with E-state index >= 15 is 0 Å². The second kappa shape index (κ2) is 4.11. The number of nitrogens with two attached hydrogens (primary N) is 1. The lowest BCUT2D eigenvalue weighted by Crippen LogP contribution is -1.94. The highest BCUT2D eigenvalue weighted by atomic mass is 35.5. The molecule has 74 valence electrons. The van der Waals surface area contributed by atoms with Crippen molar-refractivity contribution >= 4 is 29.1 Å². The first-order valence-corrected chi connectivity index (χ1v) is 3.86. The zero-order valence-corrected chi connectivity index (χ0v) is 8.41. The van der Waals surface area contributed by atoms with E-state index in [4.69, 9.17) is 10.5 Å². The molecule has 0 aliphatic carbocycles. The molecule has 2 aromatic rings. The van der Waals surface area contributed by atoms with E-state index in [-0.39, 0.29) is 12.4 Å². The van der Waals surface area contributed by atoms with E-state index < -0.39 is 0 Å². The molecule has 0 aliphatic rings. The Kier molecular flexibility index (Phi) is 3.09. The Balaban J connectivity index is 0.000000980. The number of nitrogens with zero attached hydrogens (tertiary/aromatic N) is 2. The van der Waals surface area contributed by atoms with Crippen LogP contribution in [0.5, 0.6) is 5.88 Å². The van der Waals surface area contributed by atoms with Crippen molar-refractivity contribution < 1.29 is 4.74 Å². The van der Waals surface area contributed by atoms with E-state index in [1.165, 1.54) is 0 Å². The van der Waals surface area contributed by atoms with E-state index in [0.29, 0.717) is 17.1 Å². The quantitative estimate of drug-likeness (QED) is 0.729. The fourth-order valence-electron chi connectivity index (χ4n) is 1.14. The van der Waals surface area contributed by atoms with E-state index in [1.54, 1.807) is 19.4 Å². The number of aromatic nitrogens is 2. The molecule has 1 aromatic carbocycles. The van der Waals surface area contributed by atoms with Gasteiger partial charge in [0.15, 0.2) is 0 Å². The number of methoxy groups -OCH3 is 1. The first kappa shape index (κ1) is 10.5. The van der Waals surface area contributed by atoms with Crippen LogP contribution in [0.3, 0.4) is 0 Å². The first-order chi connectivity index (χ1) is 6.31. The zero-order valence-electron chi connectivity index (χ0n) is 7.60. The van der Waals surface area contributed by atoms with Crippen molar-refractivity contribution in [2.45, 2.75) is 0 Å². The normalized spacial score (nSPS) is 9.50. The van der Waals surface area contributed by atoms with E-state index in [9.17, 15) is 0 Å². The first-order valence-electron chi connectivity index (χ1n) is 3.86. The molecule has 0 amide bonds. The molecule has 0 aliphatic heterocycles. The highest BCUT2D eigenvalue weighted by molar-refractivity contribution is 5.86. The van der Waals surface area contributed by atoms with Crippen LogP contribution in [0.15, 0.2) is 24.4 Å². The number of anilines is 1. The van der Waals surface area contributed by atoms with Gasteiger partial charge in [-0.25, -0.2) is 9.97 Å².